The van der Waals surface area contributed by atoms with Gasteiger partial charge in [0, 0.05) is 12.4 Å². The number of hydrogen-bond donors (Lipinski definition) is 0. The van der Waals surface area contributed by atoms with Crippen LogP contribution >= 0.6 is 0 Å². The number of rotatable bonds is 5. The number of pyridine rings is 1. The van der Waals surface area contributed by atoms with Crippen molar-refractivity contribution in [3.8, 4) is 0 Å². The predicted molar refractivity (Wildman–Crippen MR) is 95.2 cm³/mol. The Kier molecular flexibility index (Phi) is 4.62. The first kappa shape index (κ1) is 16.2. The number of aryl methyl sites for hydroxylation is 1. The summed E-state index contributed by atoms with van der Waals surface area (Å²) < 4.78 is 27.9. The molecule has 3 aromatic rings. The van der Waals surface area contributed by atoms with Crippen LogP contribution in [0.4, 0.5) is 5.69 Å². The van der Waals surface area contributed by atoms with E-state index < -0.39 is 10.0 Å². The van der Waals surface area contributed by atoms with E-state index in [1.54, 1.807) is 55.7 Å². The number of anilines is 1. The molecule has 2 aromatic carbocycles. The lowest BCUT2D eigenvalue weighted by Gasteiger charge is -2.25. The summed E-state index contributed by atoms with van der Waals surface area (Å²) in [4.78, 5) is 4.40. The Balaban J connectivity index is 2.09. The van der Waals surface area contributed by atoms with Gasteiger partial charge >= 0.3 is 0 Å². The molecule has 0 saturated heterocycles. The van der Waals surface area contributed by atoms with Crippen LogP contribution in [0.15, 0.2) is 84.0 Å². The molecule has 24 heavy (non-hydrogen) atoms. The van der Waals surface area contributed by atoms with Crippen LogP contribution in [0.5, 0.6) is 0 Å². The van der Waals surface area contributed by atoms with Crippen LogP contribution in [0, 0.1) is 6.92 Å². The van der Waals surface area contributed by atoms with Crippen molar-refractivity contribution in [3.63, 3.8) is 0 Å². The van der Waals surface area contributed by atoms with Crippen LogP contribution in [-0.4, -0.2) is 13.4 Å². The smallest absolute Gasteiger partial charge is 0.264 e. The van der Waals surface area contributed by atoms with Crippen molar-refractivity contribution < 1.29 is 8.42 Å². The van der Waals surface area contributed by atoms with E-state index in [4.69, 9.17) is 0 Å². The van der Waals surface area contributed by atoms with Crippen molar-refractivity contribution in [2.24, 2.45) is 0 Å². The van der Waals surface area contributed by atoms with Gasteiger partial charge in [0.15, 0.2) is 0 Å². The number of benzene rings is 2. The molecule has 0 N–H and O–H groups in total. The molecule has 0 aliphatic carbocycles. The van der Waals surface area contributed by atoms with Gasteiger partial charge in [0.25, 0.3) is 10.0 Å². The van der Waals surface area contributed by atoms with Crippen molar-refractivity contribution in [3.05, 3.63) is 90.3 Å². The molecule has 5 heteroatoms. The third kappa shape index (κ3) is 3.31. The minimum Gasteiger partial charge on any atom is -0.264 e. The molecule has 0 saturated carbocycles. The highest BCUT2D eigenvalue weighted by Crippen LogP contribution is 2.27. The molecule has 0 atom stereocenters. The second-order valence-electron chi connectivity index (χ2n) is 5.47. The zero-order chi connectivity index (χ0) is 17.0. The summed E-state index contributed by atoms with van der Waals surface area (Å²) in [7, 11) is -3.68. The minimum absolute atomic E-state index is 0.231. The number of hydrogen-bond acceptors (Lipinski definition) is 3. The molecule has 0 amide bonds. The van der Waals surface area contributed by atoms with Crippen LogP contribution in [-0.2, 0) is 16.6 Å². The standard InChI is InChI=1S/C19H18N2O2S/c1-16-8-5-6-12-19(16)24(22,23)21(18-10-3-2-4-11-18)15-17-9-7-13-20-14-17/h2-14H,15H2,1H3. The van der Waals surface area contributed by atoms with Crippen molar-refractivity contribution in [2.75, 3.05) is 4.31 Å². The lowest BCUT2D eigenvalue weighted by atomic mass is 10.2. The molecule has 0 fully saturated rings. The number of para-hydroxylation sites is 1. The van der Waals surface area contributed by atoms with Gasteiger partial charge in [0.05, 0.1) is 17.1 Å². The molecular weight excluding hydrogens is 320 g/mol. The van der Waals surface area contributed by atoms with Gasteiger partial charge in [-0.2, -0.15) is 0 Å². The maximum absolute atomic E-state index is 13.3. The Hall–Kier alpha value is -2.66. The second-order valence-corrected chi connectivity index (χ2v) is 7.30. The molecule has 0 radical (unpaired) electrons. The van der Waals surface area contributed by atoms with Crippen LogP contribution in [0.1, 0.15) is 11.1 Å². The summed E-state index contributed by atoms with van der Waals surface area (Å²) in [5.74, 6) is 0. The quantitative estimate of drug-likeness (QED) is 0.711. The van der Waals surface area contributed by atoms with Gasteiger partial charge in [-0.15, -0.1) is 0 Å². The lowest BCUT2D eigenvalue weighted by Crippen LogP contribution is -2.31. The fourth-order valence-electron chi connectivity index (χ4n) is 2.53. The summed E-state index contributed by atoms with van der Waals surface area (Å²) >= 11 is 0. The Morgan fingerprint density at radius 3 is 2.29 bits per heavy atom. The average molecular weight is 338 g/mol. The third-order valence-electron chi connectivity index (χ3n) is 3.75. The molecule has 0 aliphatic heterocycles. The molecule has 0 spiro atoms. The first-order chi connectivity index (χ1) is 11.6. The summed E-state index contributed by atoms with van der Waals surface area (Å²) in [6, 6.07) is 19.8. The highest BCUT2D eigenvalue weighted by Gasteiger charge is 2.26. The molecule has 1 heterocycles. The van der Waals surface area contributed by atoms with Crippen molar-refractivity contribution in [1.29, 1.82) is 0 Å². The van der Waals surface area contributed by atoms with E-state index in [1.807, 2.05) is 30.3 Å². The highest BCUT2D eigenvalue weighted by atomic mass is 32.2. The SMILES string of the molecule is Cc1ccccc1S(=O)(=O)N(Cc1cccnc1)c1ccccc1. The Labute approximate surface area is 142 Å². The van der Waals surface area contributed by atoms with Gasteiger partial charge in [-0.3, -0.25) is 9.29 Å². The molecular formula is C19H18N2O2S. The van der Waals surface area contributed by atoms with Crippen LogP contribution < -0.4 is 4.31 Å². The van der Waals surface area contributed by atoms with Crippen molar-refractivity contribution >= 4 is 15.7 Å². The maximum Gasteiger partial charge on any atom is 0.264 e. The van der Waals surface area contributed by atoms with E-state index in [9.17, 15) is 8.42 Å². The van der Waals surface area contributed by atoms with E-state index >= 15 is 0 Å². The molecule has 0 bridgehead atoms. The fourth-order valence-corrected chi connectivity index (χ4v) is 4.21. The fraction of sp³-hybridized carbons (Fsp3) is 0.105. The van der Waals surface area contributed by atoms with Gasteiger partial charge in [0.1, 0.15) is 0 Å². The third-order valence-corrected chi connectivity index (χ3v) is 5.69. The van der Waals surface area contributed by atoms with E-state index in [2.05, 4.69) is 4.98 Å². The number of nitrogens with zero attached hydrogens (tertiary/aromatic N) is 2. The summed E-state index contributed by atoms with van der Waals surface area (Å²) in [6.45, 7) is 2.04. The Morgan fingerprint density at radius 1 is 0.917 bits per heavy atom. The zero-order valence-corrected chi connectivity index (χ0v) is 14.1. The van der Waals surface area contributed by atoms with Crippen LogP contribution in [0.25, 0.3) is 0 Å². The molecule has 0 unspecified atom stereocenters. The topological polar surface area (TPSA) is 50.3 Å². The average Bonchev–Trinajstić information content (AvgIpc) is 2.61. The zero-order valence-electron chi connectivity index (χ0n) is 13.3. The van der Waals surface area contributed by atoms with Gasteiger partial charge in [-0.05, 0) is 42.3 Å². The molecule has 122 valence electrons. The van der Waals surface area contributed by atoms with Gasteiger partial charge in [-0.1, -0.05) is 42.5 Å². The summed E-state index contributed by atoms with van der Waals surface area (Å²) in [5.41, 5.74) is 2.19. The van der Waals surface area contributed by atoms with E-state index in [0.29, 0.717) is 10.6 Å². The summed E-state index contributed by atoms with van der Waals surface area (Å²) in [6.07, 6.45) is 3.36. The first-order valence-electron chi connectivity index (χ1n) is 7.61. The van der Waals surface area contributed by atoms with E-state index in [-0.39, 0.29) is 6.54 Å². The molecule has 0 aliphatic rings. The highest BCUT2D eigenvalue weighted by molar-refractivity contribution is 7.92. The number of aromatic nitrogens is 1. The van der Waals surface area contributed by atoms with Crippen molar-refractivity contribution in [1.82, 2.24) is 4.98 Å². The van der Waals surface area contributed by atoms with Gasteiger partial charge in [-0.25, -0.2) is 8.42 Å². The summed E-state index contributed by atoms with van der Waals surface area (Å²) in [5, 5.41) is 0. The largest absolute Gasteiger partial charge is 0.264 e. The van der Waals surface area contributed by atoms with Crippen molar-refractivity contribution in [2.45, 2.75) is 18.4 Å². The maximum atomic E-state index is 13.3. The minimum atomic E-state index is -3.68. The Morgan fingerprint density at radius 2 is 1.62 bits per heavy atom. The Bertz CT molecular complexity index is 910. The van der Waals surface area contributed by atoms with Crippen LogP contribution in [0.3, 0.4) is 0 Å². The predicted octanol–water partition coefficient (Wildman–Crippen LogP) is 3.79. The van der Waals surface area contributed by atoms with Gasteiger partial charge < -0.3 is 0 Å². The van der Waals surface area contributed by atoms with E-state index in [1.165, 1.54) is 4.31 Å². The first-order valence-corrected chi connectivity index (χ1v) is 9.05. The molecule has 3 rings (SSSR count). The normalized spacial score (nSPS) is 11.2. The molecule has 4 nitrogen and oxygen atoms in total. The van der Waals surface area contributed by atoms with Crippen LogP contribution in [0.2, 0.25) is 0 Å². The molecule has 1 aromatic heterocycles. The monoisotopic (exact) mass is 338 g/mol. The lowest BCUT2D eigenvalue weighted by molar-refractivity contribution is 0.589. The number of sulfonamides is 1. The van der Waals surface area contributed by atoms with Gasteiger partial charge in [0.2, 0.25) is 0 Å². The second kappa shape index (κ2) is 6.84. The van der Waals surface area contributed by atoms with E-state index in [0.717, 1.165) is 11.1 Å².